The van der Waals surface area contributed by atoms with Gasteiger partial charge in [-0.05, 0) is 12.8 Å². The van der Waals surface area contributed by atoms with E-state index >= 15 is 0 Å². The minimum absolute atomic E-state index is 0.223. The molecule has 1 fully saturated rings. The molecule has 12 heavy (non-hydrogen) atoms. The third kappa shape index (κ3) is 3.62. The molecule has 0 unspecified atom stereocenters. The van der Waals surface area contributed by atoms with Gasteiger partial charge in [0.2, 0.25) is 0 Å². The summed E-state index contributed by atoms with van der Waals surface area (Å²) in [6.07, 6.45) is 6.08. The SMILES string of the molecule is CO[Si](Cl)(Cl)OC1CCCCC1. The first-order valence-corrected chi connectivity index (χ1v) is 8.09. The van der Waals surface area contributed by atoms with Crippen molar-refractivity contribution in [2.24, 2.45) is 0 Å². The normalized spacial score (nSPS) is 21.2. The van der Waals surface area contributed by atoms with E-state index < -0.39 is 7.18 Å². The second-order valence-electron chi connectivity index (χ2n) is 3.05. The quantitative estimate of drug-likeness (QED) is 0.547. The molecule has 72 valence electrons. The smallest absolute Gasteiger partial charge is 0.375 e. The van der Waals surface area contributed by atoms with Crippen LogP contribution in [0.1, 0.15) is 32.1 Å². The van der Waals surface area contributed by atoms with Crippen molar-refractivity contribution in [1.29, 1.82) is 0 Å². The van der Waals surface area contributed by atoms with Crippen LogP contribution in [0.2, 0.25) is 0 Å². The Bertz CT molecular complexity index is 137. The molecule has 0 radical (unpaired) electrons. The predicted octanol–water partition coefficient (Wildman–Crippen LogP) is 2.90. The van der Waals surface area contributed by atoms with Gasteiger partial charge in [-0.3, -0.25) is 0 Å². The molecule has 1 aliphatic carbocycles. The monoisotopic (exact) mass is 228 g/mol. The molecular formula is C7H14Cl2O2Si. The molecule has 0 aliphatic heterocycles. The molecule has 0 aromatic carbocycles. The lowest BCUT2D eigenvalue weighted by Crippen LogP contribution is -2.34. The molecule has 0 atom stereocenters. The van der Waals surface area contributed by atoms with Crippen molar-refractivity contribution in [3.63, 3.8) is 0 Å². The Labute approximate surface area is 83.8 Å². The molecule has 0 aromatic rings. The molecule has 0 saturated heterocycles. The van der Waals surface area contributed by atoms with Crippen LogP contribution in [0, 0.1) is 0 Å². The summed E-state index contributed by atoms with van der Waals surface area (Å²) in [5.74, 6) is 0. The highest BCUT2D eigenvalue weighted by molar-refractivity contribution is 7.39. The molecule has 0 spiro atoms. The van der Waals surface area contributed by atoms with Crippen LogP contribution >= 0.6 is 22.2 Å². The summed E-state index contributed by atoms with van der Waals surface area (Å²) in [5.41, 5.74) is 0. The summed E-state index contributed by atoms with van der Waals surface area (Å²) in [7, 11) is -1.33. The lowest BCUT2D eigenvalue weighted by molar-refractivity contribution is 0.121. The Balaban J connectivity index is 2.28. The fourth-order valence-electron chi connectivity index (χ4n) is 1.43. The van der Waals surface area contributed by atoms with Gasteiger partial charge < -0.3 is 8.85 Å². The zero-order valence-corrected chi connectivity index (χ0v) is 9.70. The average Bonchev–Trinajstić information content (AvgIpc) is 2.06. The van der Waals surface area contributed by atoms with Crippen LogP contribution in [0.15, 0.2) is 0 Å². The summed E-state index contributed by atoms with van der Waals surface area (Å²) in [6.45, 7) is 0. The lowest BCUT2D eigenvalue weighted by Gasteiger charge is -2.26. The van der Waals surface area contributed by atoms with E-state index in [9.17, 15) is 0 Å². The molecule has 1 saturated carbocycles. The van der Waals surface area contributed by atoms with E-state index in [1.54, 1.807) is 0 Å². The third-order valence-electron chi connectivity index (χ3n) is 2.09. The standard InChI is InChI=1S/C7H14Cl2O2Si/c1-10-12(8,9)11-7-5-3-2-4-6-7/h7H,2-6H2,1H3. The van der Waals surface area contributed by atoms with Gasteiger partial charge >= 0.3 is 7.18 Å². The van der Waals surface area contributed by atoms with Gasteiger partial charge in [-0.25, -0.2) is 0 Å². The van der Waals surface area contributed by atoms with Crippen LogP contribution in [-0.2, 0) is 8.85 Å². The van der Waals surface area contributed by atoms with E-state index in [0.29, 0.717) is 0 Å². The van der Waals surface area contributed by atoms with Gasteiger partial charge in [0.25, 0.3) is 0 Å². The van der Waals surface area contributed by atoms with E-state index in [4.69, 9.17) is 31.0 Å². The Morgan fingerprint density at radius 2 is 1.75 bits per heavy atom. The van der Waals surface area contributed by atoms with Crippen LogP contribution in [0.5, 0.6) is 0 Å². The third-order valence-corrected chi connectivity index (χ3v) is 4.64. The summed E-state index contributed by atoms with van der Waals surface area (Å²) < 4.78 is 10.4. The molecule has 0 aromatic heterocycles. The average molecular weight is 229 g/mol. The summed E-state index contributed by atoms with van der Waals surface area (Å²) in [4.78, 5) is 0. The van der Waals surface area contributed by atoms with E-state index in [-0.39, 0.29) is 6.10 Å². The van der Waals surface area contributed by atoms with E-state index in [1.165, 1.54) is 26.4 Å². The molecule has 2 nitrogen and oxygen atoms in total. The lowest BCUT2D eigenvalue weighted by atomic mass is 9.98. The number of halogens is 2. The second kappa shape index (κ2) is 4.82. The second-order valence-corrected chi connectivity index (χ2v) is 8.18. The fourth-order valence-corrected chi connectivity index (χ4v) is 2.90. The van der Waals surface area contributed by atoms with E-state index in [0.717, 1.165) is 12.8 Å². The van der Waals surface area contributed by atoms with Crippen molar-refractivity contribution < 1.29 is 8.85 Å². The fraction of sp³-hybridized carbons (Fsp3) is 1.00. The van der Waals surface area contributed by atoms with Crippen molar-refractivity contribution >= 4 is 29.3 Å². The summed E-state index contributed by atoms with van der Waals surface area (Å²) in [6, 6.07) is 0. The molecule has 5 heteroatoms. The maximum Gasteiger partial charge on any atom is 0.551 e. The molecule has 1 rings (SSSR count). The minimum Gasteiger partial charge on any atom is -0.375 e. The van der Waals surface area contributed by atoms with Crippen molar-refractivity contribution in [2.45, 2.75) is 38.2 Å². The first kappa shape index (κ1) is 10.8. The zero-order chi connectivity index (χ0) is 9.03. The highest BCUT2D eigenvalue weighted by Gasteiger charge is 2.36. The molecule has 0 amide bonds. The van der Waals surface area contributed by atoms with Crippen LogP contribution in [0.25, 0.3) is 0 Å². The first-order valence-electron chi connectivity index (χ1n) is 4.25. The Kier molecular flexibility index (Phi) is 4.33. The van der Waals surface area contributed by atoms with Crippen LogP contribution in [0.4, 0.5) is 0 Å². The van der Waals surface area contributed by atoms with Gasteiger partial charge in [0.1, 0.15) is 0 Å². The Morgan fingerprint density at radius 1 is 1.17 bits per heavy atom. The molecular weight excluding hydrogens is 215 g/mol. The largest absolute Gasteiger partial charge is 0.551 e. The topological polar surface area (TPSA) is 18.5 Å². The Hall–Kier alpha value is 0.717. The van der Waals surface area contributed by atoms with Gasteiger partial charge in [0.05, 0.1) is 0 Å². The summed E-state index contributed by atoms with van der Waals surface area (Å²) in [5, 5.41) is 0. The van der Waals surface area contributed by atoms with Gasteiger partial charge in [-0.15, -0.1) is 0 Å². The maximum atomic E-state index is 5.81. The van der Waals surface area contributed by atoms with Crippen molar-refractivity contribution in [3.8, 4) is 0 Å². The predicted molar refractivity (Wildman–Crippen MR) is 52.4 cm³/mol. The highest BCUT2D eigenvalue weighted by Crippen LogP contribution is 2.27. The summed E-state index contributed by atoms with van der Waals surface area (Å²) >= 11 is 11.6. The number of hydrogen-bond donors (Lipinski definition) is 0. The van der Waals surface area contributed by atoms with E-state index in [2.05, 4.69) is 0 Å². The molecule has 0 N–H and O–H groups in total. The van der Waals surface area contributed by atoms with Crippen molar-refractivity contribution in [2.75, 3.05) is 7.11 Å². The molecule has 1 aliphatic rings. The Morgan fingerprint density at radius 3 is 2.25 bits per heavy atom. The van der Waals surface area contributed by atoms with Crippen LogP contribution in [-0.4, -0.2) is 20.4 Å². The van der Waals surface area contributed by atoms with Crippen molar-refractivity contribution in [3.05, 3.63) is 0 Å². The number of rotatable bonds is 3. The minimum atomic E-state index is -2.82. The molecule has 0 bridgehead atoms. The zero-order valence-electron chi connectivity index (χ0n) is 7.19. The van der Waals surface area contributed by atoms with Gasteiger partial charge in [-0.2, -0.15) is 0 Å². The highest BCUT2D eigenvalue weighted by atomic mass is 35.7. The first-order chi connectivity index (χ1) is 5.64. The van der Waals surface area contributed by atoms with Gasteiger partial charge in [-0.1, -0.05) is 41.4 Å². The number of hydrogen-bond acceptors (Lipinski definition) is 2. The molecule has 0 heterocycles. The van der Waals surface area contributed by atoms with Crippen LogP contribution < -0.4 is 0 Å². The van der Waals surface area contributed by atoms with Crippen LogP contribution in [0.3, 0.4) is 0 Å². The van der Waals surface area contributed by atoms with Gasteiger partial charge in [0.15, 0.2) is 0 Å². The van der Waals surface area contributed by atoms with Gasteiger partial charge in [0, 0.05) is 13.2 Å². The van der Waals surface area contributed by atoms with E-state index in [1.807, 2.05) is 0 Å². The van der Waals surface area contributed by atoms with Crippen molar-refractivity contribution in [1.82, 2.24) is 0 Å². The maximum absolute atomic E-state index is 5.81.